The molecular formula is C14H16ClN3O. The van der Waals surface area contributed by atoms with Crippen molar-refractivity contribution in [2.24, 2.45) is 11.1 Å². The van der Waals surface area contributed by atoms with Crippen LogP contribution in [0.25, 0.3) is 11.0 Å². The highest BCUT2D eigenvalue weighted by molar-refractivity contribution is 6.32. The average molecular weight is 278 g/mol. The van der Waals surface area contributed by atoms with E-state index >= 15 is 0 Å². The maximum Gasteiger partial charge on any atom is 0.137 e. The van der Waals surface area contributed by atoms with E-state index in [2.05, 4.69) is 15.1 Å². The van der Waals surface area contributed by atoms with Crippen LogP contribution in [0.4, 0.5) is 0 Å². The van der Waals surface area contributed by atoms with E-state index in [-0.39, 0.29) is 6.04 Å². The maximum absolute atomic E-state index is 11.4. The summed E-state index contributed by atoms with van der Waals surface area (Å²) in [6.07, 6.45) is 9.15. The minimum atomic E-state index is -0.353. The molecule has 0 spiro atoms. The molecule has 1 saturated carbocycles. The van der Waals surface area contributed by atoms with Crippen molar-refractivity contribution in [3.05, 3.63) is 34.0 Å². The molecule has 19 heavy (non-hydrogen) atoms. The van der Waals surface area contributed by atoms with Crippen LogP contribution in [0.2, 0.25) is 5.02 Å². The molecule has 1 N–H and O–H groups in total. The van der Waals surface area contributed by atoms with Gasteiger partial charge in [-0.25, -0.2) is 4.98 Å². The molecule has 5 heteroatoms. The molecule has 0 amide bonds. The number of pyridine rings is 1. The van der Waals surface area contributed by atoms with Crippen LogP contribution in [0.5, 0.6) is 0 Å². The summed E-state index contributed by atoms with van der Waals surface area (Å²) >= 11 is 6.28. The highest BCUT2D eigenvalue weighted by Crippen LogP contribution is 2.41. The Morgan fingerprint density at radius 3 is 2.89 bits per heavy atom. The predicted molar refractivity (Wildman–Crippen MR) is 76.2 cm³/mol. The highest BCUT2D eigenvalue weighted by atomic mass is 35.5. The first-order chi connectivity index (χ1) is 9.31. The van der Waals surface area contributed by atoms with E-state index < -0.39 is 0 Å². The number of nitroso groups, excluding NO2 is 1. The molecule has 2 heterocycles. The lowest BCUT2D eigenvalue weighted by Crippen LogP contribution is -2.15. The van der Waals surface area contributed by atoms with Crippen LogP contribution < -0.4 is 0 Å². The number of H-pyrrole nitrogens is 1. The molecule has 1 aliphatic rings. The number of aromatic amines is 1. The largest absolute Gasteiger partial charge is 0.346 e. The molecule has 0 radical (unpaired) electrons. The molecule has 4 nitrogen and oxygen atoms in total. The van der Waals surface area contributed by atoms with Gasteiger partial charge in [0.25, 0.3) is 0 Å². The summed E-state index contributed by atoms with van der Waals surface area (Å²) in [6, 6.07) is 1.57. The Morgan fingerprint density at radius 2 is 2.16 bits per heavy atom. The van der Waals surface area contributed by atoms with E-state index in [0.717, 1.165) is 29.4 Å². The second kappa shape index (κ2) is 5.29. The van der Waals surface area contributed by atoms with E-state index in [1.54, 1.807) is 6.20 Å². The maximum atomic E-state index is 11.4. The van der Waals surface area contributed by atoms with E-state index in [1.807, 2.05) is 12.3 Å². The molecule has 0 saturated heterocycles. The number of rotatable bonds is 3. The van der Waals surface area contributed by atoms with Crippen LogP contribution in [-0.4, -0.2) is 9.97 Å². The monoisotopic (exact) mass is 277 g/mol. The average Bonchev–Trinajstić information content (AvgIpc) is 2.91. The van der Waals surface area contributed by atoms with Gasteiger partial charge in [0.05, 0.1) is 5.02 Å². The zero-order chi connectivity index (χ0) is 13.2. The van der Waals surface area contributed by atoms with Crippen molar-refractivity contribution in [1.29, 1.82) is 0 Å². The third-order valence-electron chi connectivity index (χ3n) is 4.09. The number of halogens is 1. The lowest BCUT2D eigenvalue weighted by Gasteiger charge is -2.26. The summed E-state index contributed by atoms with van der Waals surface area (Å²) in [7, 11) is 0. The molecule has 2 aromatic heterocycles. The number of nitrogens with one attached hydrogen (secondary N) is 1. The Labute approximate surface area is 116 Å². The van der Waals surface area contributed by atoms with Crippen LogP contribution >= 0.6 is 11.6 Å². The second-order valence-corrected chi connectivity index (χ2v) is 5.62. The standard InChI is InChI=1S/C14H16ClN3O/c15-11-8-17-14-10(6-7-16-14)12(11)13(18-19)9-4-2-1-3-5-9/h6-9,13H,1-5H2,(H,16,17). The fourth-order valence-corrected chi connectivity index (χ4v) is 3.39. The Balaban J connectivity index is 2.07. The lowest BCUT2D eigenvalue weighted by molar-refractivity contribution is 0.309. The lowest BCUT2D eigenvalue weighted by atomic mass is 9.81. The van der Waals surface area contributed by atoms with Crippen LogP contribution in [0, 0.1) is 10.8 Å². The van der Waals surface area contributed by atoms with Gasteiger partial charge in [-0.3, -0.25) is 0 Å². The fourth-order valence-electron chi connectivity index (χ4n) is 3.13. The van der Waals surface area contributed by atoms with Gasteiger partial charge < -0.3 is 4.98 Å². The fraction of sp³-hybridized carbons (Fsp3) is 0.500. The van der Waals surface area contributed by atoms with Crippen molar-refractivity contribution in [2.75, 3.05) is 0 Å². The van der Waals surface area contributed by atoms with Gasteiger partial charge in [-0.1, -0.05) is 36.0 Å². The van der Waals surface area contributed by atoms with E-state index in [9.17, 15) is 4.91 Å². The zero-order valence-corrected chi connectivity index (χ0v) is 11.4. The smallest absolute Gasteiger partial charge is 0.137 e. The van der Waals surface area contributed by atoms with Crippen molar-refractivity contribution in [2.45, 2.75) is 38.1 Å². The zero-order valence-electron chi connectivity index (χ0n) is 10.6. The number of hydrogen-bond donors (Lipinski definition) is 1. The van der Waals surface area contributed by atoms with Crippen LogP contribution in [-0.2, 0) is 0 Å². The van der Waals surface area contributed by atoms with Crippen molar-refractivity contribution in [3.8, 4) is 0 Å². The molecule has 1 unspecified atom stereocenters. The Kier molecular flexibility index (Phi) is 3.51. The summed E-state index contributed by atoms with van der Waals surface area (Å²) in [6.45, 7) is 0. The summed E-state index contributed by atoms with van der Waals surface area (Å²) in [5, 5.41) is 4.86. The molecule has 3 rings (SSSR count). The van der Waals surface area contributed by atoms with Gasteiger partial charge in [-0.2, -0.15) is 4.91 Å². The normalized spacial score (nSPS) is 18.6. The van der Waals surface area contributed by atoms with Crippen molar-refractivity contribution >= 4 is 22.6 Å². The molecule has 100 valence electrons. The minimum Gasteiger partial charge on any atom is -0.346 e. The number of hydrogen-bond acceptors (Lipinski definition) is 3. The molecule has 1 fully saturated rings. The Morgan fingerprint density at radius 1 is 1.37 bits per heavy atom. The van der Waals surface area contributed by atoms with Crippen molar-refractivity contribution < 1.29 is 0 Å². The summed E-state index contributed by atoms with van der Waals surface area (Å²) in [4.78, 5) is 18.7. The minimum absolute atomic E-state index is 0.309. The predicted octanol–water partition coefficient (Wildman–Crippen LogP) is 4.60. The van der Waals surface area contributed by atoms with E-state index in [4.69, 9.17) is 11.6 Å². The number of nitrogens with zero attached hydrogens (tertiary/aromatic N) is 2. The van der Waals surface area contributed by atoms with Crippen LogP contribution in [0.3, 0.4) is 0 Å². The van der Waals surface area contributed by atoms with Crippen molar-refractivity contribution in [3.63, 3.8) is 0 Å². The SMILES string of the molecule is O=NC(c1c(Cl)cnc2[nH]ccc12)C1CCCCC1. The van der Waals surface area contributed by atoms with Gasteiger partial charge >= 0.3 is 0 Å². The first kappa shape index (κ1) is 12.6. The quantitative estimate of drug-likeness (QED) is 0.833. The van der Waals surface area contributed by atoms with E-state index in [1.165, 1.54) is 19.3 Å². The number of fused-ring (bicyclic) bond motifs is 1. The molecule has 1 aliphatic carbocycles. The molecule has 1 atom stereocenters. The molecule has 0 aliphatic heterocycles. The molecule has 0 bridgehead atoms. The molecular weight excluding hydrogens is 262 g/mol. The van der Waals surface area contributed by atoms with Gasteiger partial charge in [0.1, 0.15) is 11.7 Å². The molecule has 0 aromatic carbocycles. The van der Waals surface area contributed by atoms with Crippen LogP contribution in [0.1, 0.15) is 43.7 Å². The third-order valence-corrected chi connectivity index (χ3v) is 4.39. The summed E-state index contributed by atoms with van der Waals surface area (Å²) in [5.41, 5.74) is 1.61. The highest BCUT2D eigenvalue weighted by Gasteiger charge is 2.29. The Hall–Kier alpha value is -1.42. The molecule has 2 aromatic rings. The second-order valence-electron chi connectivity index (χ2n) is 5.21. The Bertz CT molecular complexity index is 589. The first-order valence-corrected chi connectivity index (χ1v) is 7.13. The van der Waals surface area contributed by atoms with Gasteiger partial charge in [-0.05, 0) is 24.8 Å². The first-order valence-electron chi connectivity index (χ1n) is 6.75. The topological polar surface area (TPSA) is 58.1 Å². The third kappa shape index (κ3) is 2.25. The van der Waals surface area contributed by atoms with Crippen LogP contribution in [0.15, 0.2) is 23.6 Å². The summed E-state index contributed by atoms with van der Waals surface area (Å²) < 4.78 is 0. The van der Waals surface area contributed by atoms with Crippen molar-refractivity contribution in [1.82, 2.24) is 9.97 Å². The van der Waals surface area contributed by atoms with Gasteiger partial charge in [0, 0.05) is 23.3 Å². The van der Waals surface area contributed by atoms with E-state index in [0.29, 0.717) is 10.9 Å². The van der Waals surface area contributed by atoms with Gasteiger partial charge in [-0.15, -0.1) is 0 Å². The van der Waals surface area contributed by atoms with Gasteiger partial charge in [0.15, 0.2) is 0 Å². The summed E-state index contributed by atoms with van der Waals surface area (Å²) in [5.74, 6) is 0.309. The number of aromatic nitrogens is 2. The van der Waals surface area contributed by atoms with Gasteiger partial charge in [0.2, 0.25) is 0 Å².